The molecule has 48 heavy (non-hydrogen) atoms. The summed E-state index contributed by atoms with van der Waals surface area (Å²) in [5.74, 6) is -4.94. The predicted molar refractivity (Wildman–Crippen MR) is 179 cm³/mol. The fourth-order valence-corrected chi connectivity index (χ4v) is 8.72. The topological polar surface area (TPSA) is 138 Å². The Balaban J connectivity index is 1.28. The number of para-hydroxylation sites is 1. The number of carboxylic acid groups (broad SMARTS) is 1. The van der Waals surface area contributed by atoms with Crippen LogP contribution >= 0.6 is 11.6 Å². The second kappa shape index (κ2) is 13.9. The minimum atomic E-state index is -3.30. The SMILES string of the molecule is Cn1cc(C(=O)Nc2cc(F)c(CC(=O)C(O[C@H]3CC[C@H](C(=O)O)CC3)(N3CCCC3)N3CCS(=O)(=O)CC3)cc2Cl)c2ccccc21. The summed E-state index contributed by atoms with van der Waals surface area (Å²) in [6.45, 7) is 1.19. The van der Waals surface area contributed by atoms with Crippen molar-refractivity contribution in [3.63, 3.8) is 0 Å². The van der Waals surface area contributed by atoms with E-state index in [1.54, 1.807) is 11.1 Å². The number of anilines is 1. The Kier molecular flexibility index (Phi) is 9.97. The number of aromatic nitrogens is 1. The number of aryl methyl sites for hydroxylation is 1. The van der Waals surface area contributed by atoms with Gasteiger partial charge in [0, 0.05) is 56.7 Å². The molecule has 1 atom stereocenters. The van der Waals surface area contributed by atoms with Crippen LogP contribution in [0.4, 0.5) is 10.1 Å². The van der Waals surface area contributed by atoms with Gasteiger partial charge in [0.05, 0.1) is 39.8 Å². The number of aliphatic carboxylic acids is 1. The number of rotatable bonds is 10. The smallest absolute Gasteiger partial charge is 0.306 e. The van der Waals surface area contributed by atoms with Gasteiger partial charge in [-0.05, 0) is 62.3 Å². The van der Waals surface area contributed by atoms with Crippen molar-refractivity contribution in [1.29, 1.82) is 0 Å². The molecule has 3 aromatic rings. The van der Waals surface area contributed by atoms with E-state index in [2.05, 4.69) is 5.32 Å². The van der Waals surface area contributed by atoms with E-state index in [0.717, 1.165) is 29.8 Å². The monoisotopic (exact) mass is 702 g/mol. The summed E-state index contributed by atoms with van der Waals surface area (Å²) in [6.07, 6.45) is 4.12. The molecule has 1 amide bonds. The van der Waals surface area contributed by atoms with Gasteiger partial charge in [0.1, 0.15) is 5.82 Å². The molecule has 258 valence electrons. The number of carbonyl (C=O) groups excluding carboxylic acids is 2. The Morgan fingerprint density at radius 1 is 1.02 bits per heavy atom. The number of likely N-dealkylation sites (tertiary alicyclic amines) is 1. The summed E-state index contributed by atoms with van der Waals surface area (Å²) in [5.41, 5.74) is 1.33. The zero-order valence-electron chi connectivity index (χ0n) is 26.8. The summed E-state index contributed by atoms with van der Waals surface area (Å²) in [7, 11) is -1.47. The van der Waals surface area contributed by atoms with Gasteiger partial charge >= 0.3 is 5.97 Å². The van der Waals surface area contributed by atoms with E-state index >= 15 is 4.39 Å². The lowest BCUT2D eigenvalue weighted by Crippen LogP contribution is -2.70. The van der Waals surface area contributed by atoms with E-state index in [4.69, 9.17) is 16.3 Å². The zero-order chi connectivity index (χ0) is 34.2. The van der Waals surface area contributed by atoms with Gasteiger partial charge in [-0.25, -0.2) is 12.8 Å². The van der Waals surface area contributed by atoms with Gasteiger partial charge in [-0.3, -0.25) is 24.2 Å². The van der Waals surface area contributed by atoms with Gasteiger partial charge in [0.25, 0.3) is 5.91 Å². The van der Waals surface area contributed by atoms with E-state index < -0.39 is 57.6 Å². The number of sulfone groups is 1. The quantitative estimate of drug-likeness (QED) is 0.313. The molecule has 1 unspecified atom stereocenters. The number of nitrogens with zero attached hydrogens (tertiary/aromatic N) is 3. The van der Waals surface area contributed by atoms with Crippen LogP contribution in [0.1, 0.15) is 54.4 Å². The Morgan fingerprint density at radius 2 is 1.67 bits per heavy atom. The van der Waals surface area contributed by atoms with Crippen LogP contribution in [0.5, 0.6) is 0 Å². The number of ether oxygens (including phenoxy) is 1. The van der Waals surface area contributed by atoms with E-state index in [0.29, 0.717) is 44.3 Å². The molecule has 2 N–H and O–H groups in total. The molecular formula is C34H40ClFN4O7S. The predicted octanol–water partition coefficient (Wildman–Crippen LogP) is 4.47. The van der Waals surface area contributed by atoms with Crippen LogP contribution in [0.15, 0.2) is 42.6 Å². The van der Waals surface area contributed by atoms with Crippen molar-refractivity contribution in [1.82, 2.24) is 14.4 Å². The number of nitrogens with one attached hydrogen (secondary N) is 1. The second-order valence-corrected chi connectivity index (χ2v) is 15.7. The van der Waals surface area contributed by atoms with Gasteiger partial charge in [-0.2, -0.15) is 0 Å². The highest BCUT2D eigenvalue weighted by Gasteiger charge is 2.53. The number of carboxylic acids is 1. The molecule has 14 heteroatoms. The highest BCUT2D eigenvalue weighted by molar-refractivity contribution is 7.91. The molecule has 3 fully saturated rings. The number of amides is 1. The second-order valence-electron chi connectivity index (χ2n) is 13.0. The minimum absolute atomic E-state index is 0.0135. The molecule has 1 aliphatic carbocycles. The highest BCUT2D eigenvalue weighted by Crippen LogP contribution is 2.37. The van der Waals surface area contributed by atoms with E-state index in [-0.39, 0.29) is 40.9 Å². The molecule has 3 aliphatic rings. The van der Waals surface area contributed by atoms with Gasteiger partial charge in [0.15, 0.2) is 15.6 Å². The molecule has 0 spiro atoms. The van der Waals surface area contributed by atoms with Crippen LogP contribution in [0.3, 0.4) is 0 Å². The number of Topliss-reactive ketones (excluding diaryl/α,β-unsaturated/α-hetero) is 1. The number of fused-ring (bicyclic) bond motifs is 1. The van der Waals surface area contributed by atoms with Crippen LogP contribution in [0, 0.1) is 11.7 Å². The number of ketones is 1. The van der Waals surface area contributed by atoms with Crippen molar-refractivity contribution in [2.24, 2.45) is 13.0 Å². The number of hydrogen-bond donors (Lipinski definition) is 2. The summed E-state index contributed by atoms with van der Waals surface area (Å²) in [6, 6.07) is 9.85. The van der Waals surface area contributed by atoms with E-state index in [9.17, 15) is 27.9 Å². The van der Waals surface area contributed by atoms with Crippen LogP contribution in [-0.4, -0.2) is 95.2 Å². The Bertz CT molecular complexity index is 1820. The molecule has 3 heterocycles. The first kappa shape index (κ1) is 34.5. The largest absolute Gasteiger partial charge is 0.481 e. The third-order valence-corrected chi connectivity index (χ3v) is 11.8. The van der Waals surface area contributed by atoms with Gasteiger partial charge in [0.2, 0.25) is 5.85 Å². The lowest BCUT2D eigenvalue weighted by Gasteiger charge is -2.50. The van der Waals surface area contributed by atoms with Crippen molar-refractivity contribution < 1.29 is 37.0 Å². The molecule has 2 aliphatic heterocycles. The lowest BCUT2D eigenvalue weighted by molar-refractivity contribution is -0.255. The van der Waals surface area contributed by atoms with Crippen LogP contribution in [0.2, 0.25) is 5.02 Å². The molecular weight excluding hydrogens is 663 g/mol. The van der Waals surface area contributed by atoms with Crippen molar-refractivity contribution in [3.05, 3.63) is 64.6 Å². The normalized spacial score (nSPS) is 23.1. The molecule has 2 saturated heterocycles. The van der Waals surface area contributed by atoms with E-state index in [1.165, 1.54) is 6.07 Å². The first-order chi connectivity index (χ1) is 22.9. The van der Waals surface area contributed by atoms with E-state index in [1.807, 2.05) is 40.8 Å². The molecule has 1 saturated carbocycles. The van der Waals surface area contributed by atoms with Crippen molar-refractivity contribution in [2.75, 3.05) is 43.0 Å². The number of benzene rings is 2. The van der Waals surface area contributed by atoms with Gasteiger partial charge in [-0.1, -0.05) is 29.8 Å². The van der Waals surface area contributed by atoms with Crippen LogP contribution < -0.4 is 5.32 Å². The molecule has 0 radical (unpaired) electrons. The lowest BCUT2D eigenvalue weighted by atomic mass is 9.87. The molecule has 6 rings (SSSR count). The zero-order valence-corrected chi connectivity index (χ0v) is 28.4. The summed E-state index contributed by atoms with van der Waals surface area (Å²) in [5, 5.41) is 13.0. The molecule has 11 nitrogen and oxygen atoms in total. The minimum Gasteiger partial charge on any atom is -0.481 e. The fraction of sp³-hybridized carbons (Fsp3) is 0.500. The summed E-state index contributed by atoms with van der Waals surface area (Å²) in [4.78, 5) is 43.2. The van der Waals surface area contributed by atoms with Crippen LogP contribution in [0.25, 0.3) is 10.9 Å². The first-order valence-corrected chi connectivity index (χ1v) is 18.6. The fourth-order valence-electron chi connectivity index (χ4n) is 7.28. The third kappa shape index (κ3) is 6.88. The summed E-state index contributed by atoms with van der Waals surface area (Å²) >= 11 is 6.59. The van der Waals surface area contributed by atoms with Gasteiger partial charge < -0.3 is 19.7 Å². The number of halogens is 2. The average Bonchev–Trinajstić information content (AvgIpc) is 3.72. The highest BCUT2D eigenvalue weighted by atomic mass is 35.5. The molecule has 2 aromatic carbocycles. The van der Waals surface area contributed by atoms with Crippen LogP contribution in [-0.2, 0) is 37.6 Å². The average molecular weight is 703 g/mol. The molecule has 1 aromatic heterocycles. The van der Waals surface area contributed by atoms with Gasteiger partial charge in [-0.15, -0.1) is 0 Å². The third-order valence-electron chi connectivity index (χ3n) is 9.90. The standard InChI is InChI=1S/C34H40ClFN4O7S/c1-38-21-26(25-6-2-3-7-30(25)38)32(42)37-29-20-28(36)23(18-27(29)35)19-31(41)34(39-12-4-5-13-39,40-14-16-48(45,46)17-15-40)47-24-10-8-22(9-11-24)33(43)44/h2-3,6-7,18,20-22,24H,4-5,8-17,19H2,1H3,(H,37,42)(H,43,44)/t22-,24-,34?. The Hall–Kier alpha value is -3.36. The Morgan fingerprint density at radius 3 is 2.33 bits per heavy atom. The van der Waals surface area contributed by atoms with Crippen molar-refractivity contribution in [2.45, 2.75) is 56.9 Å². The molecule has 0 bridgehead atoms. The Labute approximate surface area is 283 Å². The van der Waals surface area contributed by atoms with Crippen molar-refractivity contribution in [3.8, 4) is 0 Å². The number of carbonyl (C=O) groups is 3. The number of hydrogen-bond acceptors (Lipinski definition) is 8. The maximum Gasteiger partial charge on any atom is 0.306 e. The summed E-state index contributed by atoms with van der Waals surface area (Å²) < 4.78 is 49.3. The maximum atomic E-state index is 15.8. The maximum absolute atomic E-state index is 15.8. The first-order valence-electron chi connectivity index (χ1n) is 16.4. The van der Waals surface area contributed by atoms with Crippen molar-refractivity contribution >= 4 is 55.7 Å².